The molecule has 2 fully saturated rings. The molecule has 5 rings (SSSR count). The lowest BCUT2D eigenvalue weighted by Gasteiger charge is -2.49. The van der Waals surface area contributed by atoms with E-state index in [2.05, 4.69) is 0 Å². The molecule has 2 aliphatic heterocycles. The monoisotopic (exact) mass is 794 g/mol. The van der Waals surface area contributed by atoms with Gasteiger partial charge in [-0.3, -0.25) is 19.2 Å². The van der Waals surface area contributed by atoms with Crippen LogP contribution in [0.3, 0.4) is 0 Å². The number of carbonyl (C=O) groups is 4. The summed E-state index contributed by atoms with van der Waals surface area (Å²) in [5.74, 6) is -2.98. The normalized spacial score (nSPS) is 27.2. The van der Waals surface area contributed by atoms with Crippen molar-refractivity contribution >= 4 is 23.9 Å². The van der Waals surface area contributed by atoms with Crippen molar-refractivity contribution in [2.24, 2.45) is 0 Å². The van der Waals surface area contributed by atoms with E-state index in [-0.39, 0.29) is 26.4 Å². The van der Waals surface area contributed by atoms with E-state index in [1.165, 1.54) is 14.0 Å². The first-order valence-corrected chi connectivity index (χ1v) is 18.6. The van der Waals surface area contributed by atoms with Gasteiger partial charge in [-0.25, -0.2) is 0 Å². The Labute approximate surface area is 331 Å². The molecule has 2 heterocycles. The predicted octanol–water partition coefficient (Wildman–Crippen LogP) is 4.21. The van der Waals surface area contributed by atoms with Crippen molar-refractivity contribution in [2.45, 2.75) is 109 Å². The lowest BCUT2D eigenvalue weighted by Crippen LogP contribution is -2.67. The van der Waals surface area contributed by atoms with Gasteiger partial charge in [-0.1, -0.05) is 91.0 Å². The fraction of sp³-hybridized carbons (Fsp3) is 0.476. The Morgan fingerprint density at radius 3 is 1.46 bits per heavy atom. The second-order valence-electron chi connectivity index (χ2n) is 13.5. The van der Waals surface area contributed by atoms with Gasteiger partial charge in [0.05, 0.1) is 26.4 Å². The van der Waals surface area contributed by atoms with E-state index >= 15 is 0 Å². The summed E-state index contributed by atoms with van der Waals surface area (Å²) in [4.78, 5) is 49.6. The van der Waals surface area contributed by atoms with Crippen molar-refractivity contribution in [3.05, 3.63) is 108 Å². The van der Waals surface area contributed by atoms with Gasteiger partial charge < -0.3 is 52.1 Å². The molecule has 57 heavy (non-hydrogen) atoms. The van der Waals surface area contributed by atoms with Gasteiger partial charge in [-0.2, -0.15) is 0 Å². The number of hydrogen-bond acceptors (Lipinski definition) is 15. The number of rotatable bonds is 18. The zero-order valence-electron chi connectivity index (χ0n) is 32.6. The van der Waals surface area contributed by atoms with Gasteiger partial charge in [0.15, 0.2) is 30.9 Å². The van der Waals surface area contributed by atoms with E-state index in [1.54, 1.807) is 0 Å². The van der Waals surface area contributed by atoms with Crippen LogP contribution < -0.4 is 0 Å². The molecule has 2 saturated heterocycles. The zero-order valence-corrected chi connectivity index (χ0v) is 32.6. The highest BCUT2D eigenvalue weighted by Crippen LogP contribution is 2.36. The first-order valence-electron chi connectivity index (χ1n) is 18.6. The van der Waals surface area contributed by atoms with E-state index in [0.29, 0.717) is 0 Å². The van der Waals surface area contributed by atoms with Crippen LogP contribution in [-0.2, 0) is 91.1 Å². The standard InChI is InChI=1S/C42H50O15/c1-26(43)49-25-34-36(52-27(2)44)38(53-28(3)45)40(54-29(4)46)42(56-34)57-37-35(50-22-31-17-11-7-12-18-31)33(24-48-21-30-15-9-6-10-16-30)55-41(47-5)39(37)51-23-32-19-13-8-14-20-32/h6-20,33-42H,21-25H2,1-5H3/t33-,34+,35-,36+,37+,38-,39-,40+,41+,42-/m0/s1. The van der Waals surface area contributed by atoms with Crippen LogP contribution in [0, 0.1) is 0 Å². The Bertz CT molecular complexity index is 1710. The maximum absolute atomic E-state index is 12.7. The van der Waals surface area contributed by atoms with Crippen molar-refractivity contribution in [1.29, 1.82) is 0 Å². The molecule has 0 aromatic heterocycles. The number of hydrogen-bond donors (Lipinski definition) is 0. The maximum atomic E-state index is 12.7. The fourth-order valence-corrected chi connectivity index (χ4v) is 6.59. The molecule has 15 heteroatoms. The van der Waals surface area contributed by atoms with Crippen LogP contribution in [0.1, 0.15) is 44.4 Å². The highest BCUT2D eigenvalue weighted by Gasteiger charge is 2.56. The molecule has 0 radical (unpaired) electrons. The second-order valence-corrected chi connectivity index (χ2v) is 13.5. The summed E-state index contributed by atoms with van der Waals surface area (Å²) in [6.45, 7) is 4.71. The van der Waals surface area contributed by atoms with E-state index in [1.807, 2.05) is 91.0 Å². The summed E-state index contributed by atoms with van der Waals surface area (Å²) in [7, 11) is 1.46. The molecule has 0 N–H and O–H groups in total. The molecule has 0 aliphatic carbocycles. The van der Waals surface area contributed by atoms with Crippen LogP contribution in [0.2, 0.25) is 0 Å². The van der Waals surface area contributed by atoms with E-state index < -0.39 is 91.9 Å². The molecule has 3 aromatic carbocycles. The Morgan fingerprint density at radius 2 is 0.947 bits per heavy atom. The predicted molar refractivity (Wildman–Crippen MR) is 199 cm³/mol. The summed E-state index contributed by atoms with van der Waals surface area (Å²) < 4.78 is 67.2. The third kappa shape index (κ3) is 12.9. The molecule has 0 saturated carbocycles. The molecule has 0 bridgehead atoms. The van der Waals surface area contributed by atoms with Crippen LogP contribution in [0.4, 0.5) is 0 Å². The van der Waals surface area contributed by atoms with Crippen LogP contribution in [0.5, 0.6) is 0 Å². The molecule has 0 amide bonds. The van der Waals surface area contributed by atoms with E-state index in [0.717, 1.165) is 37.5 Å². The summed E-state index contributed by atoms with van der Waals surface area (Å²) >= 11 is 0. The average Bonchev–Trinajstić information content (AvgIpc) is 3.19. The molecule has 10 atom stereocenters. The van der Waals surface area contributed by atoms with Gasteiger partial charge in [0.2, 0.25) is 0 Å². The number of methoxy groups -OCH3 is 1. The summed E-state index contributed by atoms with van der Waals surface area (Å²) in [5.41, 5.74) is 2.63. The third-order valence-electron chi connectivity index (χ3n) is 9.03. The maximum Gasteiger partial charge on any atom is 0.303 e. The van der Waals surface area contributed by atoms with Crippen LogP contribution >= 0.6 is 0 Å². The van der Waals surface area contributed by atoms with Crippen molar-refractivity contribution in [2.75, 3.05) is 20.3 Å². The lowest BCUT2D eigenvalue weighted by atomic mass is 9.95. The van der Waals surface area contributed by atoms with Crippen molar-refractivity contribution < 1.29 is 71.3 Å². The van der Waals surface area contributed by atoms with Gasteiger partial charge >= 0.3 is 23.9 Å². The Kier molecular flexibility index (Phi) is 16.5. The molecule has 3 aromatic rings. The van der Waals surface area contributed by atoms with Gasteiger partial charge in [0.25, 0.3) is 0 Å². The number of benzene rings is 3. The van der Waals surface area contributed by atoms with Crippen LogP contribution in [-0.4, -0.2) is 106 Å². The SMILES string of the molecule is CO[C@@H]1O[C@@H](COCc2ccccc2)[C@H](OCc2ccccc2)[C@@H](O[C@@H]2O[C@H](COC(C)=O)[C@@H](OC(C)=O)[C@H](OC(C)=O)[C@H]2OC(C)=O)[C@@H]1OCc1ccccc1. The Morgan fingerprint density at radius 1 is 0.491 bits per heavy atom. The number of carbonyl (C=O) groups excluding carboxylic acids is 4. The van der Waals surface area contributed by atoms with Gasteiger partial charge in [0, 0.05) is 34.8 Å². The summed E-state index contributed by atoms with van der Waals surface area (Å²) in [6, 6.07) is 28.5. The molecule has 0 spiro atoms. The molecular formula is C42H50O15. The zero-order chi connectivity index (χ0) is 40.7. The first kappa shape index (κ1) is 43.4. The molecule has 2 aliphatic rings. The minimum Gasteiger partial charge on any atom is -0.463 e. The Hall–Kier alpha value is -4.74. The fourth-order valence-electron chi connectivity index (χ4n) is 6.59. The quantitative estimate of drug-likeness (QED) is 0.132. The van der Waals surface area contributed by atoms with Gasteiger partial charge in [0.1, 0.15) is 37.1 Å². The lowest BCUT2D eigenvalue weighted by molar-refractivity contribution is -0.368. The topological polar surface area (TPSA) is 170 Å². The number of esters is 4. The van der Waals surface area contributed by atoms with E-state index in [9.17, 15) is 19.2 Å². The molecule has 308 valence electrons. The highest BCUT2D eigenvalue weighted by atomic mass is 16.8. The van der Waals surface area contributed by atoms with Crippen molar-refractivity contribution in [3.8, 4) is 0 Å². The minimum atomic E-state index is -1.55. The largest absolute Gasteiger partial charge is 0.463 e. The van der Waals surface area contributed by atoms with Gasteiger partial charge in [-0.05, 0) is 16.7 Å². The van der Waals surface area contributed by atoms with E-state index in [4.69, 9.17) is 52.1 Å². The molecular weight excluding hydrogens is 744 g/mol. The first-order chi connectivity index (χ1) is 27.5. The highest BCUT2D eigenvalue weighted by molar-refractivity contribution is 5.68. The number of ether oxygens (including phenoxy) is 11. The minimum absolute atomic E-state index is 0.0258. The molecule has 0 unspecified atom stereocenters. The van der Waals surface area contributed by atoms with Gasteiger partial charge in [-0.15, -0.1) is 0 Å². The third-order valence-corrected chi connectivity index (χ3v) is 9.03. The smallest absolute Gasteiger partial charge is 0.303 e. The molecule has 15 nitrogen and oxygen atoms in total. The summed E-state index contributed by atoms with van der Waals surface area (Å²) in [5, 5.41) is 0. The van der Waals surface area contributed by atoms with Crippen LogP contribution in [0.15, 0.2) is 91.0 Å². The average molecular weight is 795 g/mol. The van der Waals surface area contributed by atoms with Crippen molar-refractivity contribution in [1.82, 2.24) is 0 Å². The van der Waals surface area contributed by atoms with Crippen LogP contribution in [0.25, 0.3) is 0 Å². The van der Waals surface area contributed by atoms with Crippen molar-refractivity contribution in [3.63, 3.8) is 0 Å². The Balaban J connectivity index is 1.56. The summed E-state index contributed by atoms with van der Waals surface area (Å²) in [6.07, 6.45) is -12.1. The second kappa shape index (κ2) is 21.7.